The van der Waals surface area contributed by atoms with E-state index in [1.54, 1.807) is 18.3 Å². The molecule has 2 aromatic carbocycles. The van der Waals surface area contributed by atoms with Crippen molar-refractivity contribution in [2.45, 2.75) is 25.9 Å². The Morgan fingerprint density at radius 2 is 1.68 bits per heavy atom. The second kappa shape index (κ2) is 9.81. The SMILES string of the molecule is Cc1cc([C@H]2[C@H](c3ccccn3)NC(=S)N2c2ccc(NS(C)(=O)=O)cc2)c(C)n1-c1ccc(Cl)cc1. The number of aryl methyl sites for hydroxylation is 1. The van der Waals surface area contributed by atoms with E-state index in [9.17, 15) is 8.42 Å². The lowest BCUT2D eigenvalue weighted by Gasteiger charge is -2.28. The molecule has 2 atom stereocenters. The number of nitrogens with zero attached hydrogens (tertiary/aromatic N) is 3. The predicted octanol–water partition coefficient (Wildman–Crippen LogP) is 5.69. The van der Waals surface area contributed by atoms with Crippen molar-refractivity contribution in [3.05, 3.63) is 107 Å². The van der Waals surface area contributed by atoms with E-state index in [0.717, 1.165) is 40.3 Å². The molecule has 1 fully saturated rings. The number of aromatic nitrogens is 2. The van der Waals surface area contributed by atoms with Crippen LogP contribution >= 0.6 is 23.8 Å². The molecule has 7 nitrogen and oxygen atoms in total. The molecule has 0 radical (unpaired) electrons. The summed E-state index contributed by atoms with van der Waals surface area (Å²) in [7, 11) is -3.38. The smallest absolute Gasteiger partial charge is 0.229 e. The first-order valence-corrected chi connectivity index (χ1v) is 14.3. The van der Waals surface area contributed by atoms with E-state index in [1.165, 1.54) is 0 Å². The molecule has 4 aromatic rings. The first kappa shape index (κ1) is 25.3. The number of hydrogen-bond acceptors (Lipinski definition) is 4. The lowest BCUT2D eigenvalue weighted by Crippen LogP contribution is -2.29. The number of halogens is 1. The Balaban J connectivity index is 1.62. The molecule has 0 aliphatic carbocycles. The average molecular weight is 552 g/mol. The monoisotopic (exact) mass is 551 g/mol. The van der Waals surface area contributed by atoms with Crippen LogP contribution in [0.1, 0.15) is 34.7 Å². The van der Waals surface area contributed by atoms with Gasteiger partial charge in [-0.05, 0) is 98.4 Å². The van der Waals surface area contributed by atoms with Crippen molar-refractivity contribution in [1.82, 2.24) is 14.9 Å². The summed E-state index contributed by atoms with van der Waals surface area (Å²) in [6.45, 7) is 4.18. The van der Waals surface area contributed by atoms with E-state index in [1.807, 2.05) is 54.6 Å². The summed E-state index contributed by atoms with van der Waals surface area (Å²) in [6, 6.07) is 22.7. The van der Waals surface area contributed by atoms with Gasteiger partial charge >= 0.3 is 0 Å². The summed E-state index contributed by atoms with van der Waals surface area (Å²) in [5, 5.41) is 4.74. The maximum atomic E-state index is 11.7. The zero-order valence-electron chi connectivity index (χ0n) is 20.5. The quantitative estimate of drug-likeness (QED) is 0.300. The van der Waals surface area contributed by atoms with Crippen LogP contribution in [0, 0.1) is 13.8 Å². The lowest BCUT2D eigenvalue weighted by atomic mass is 9.96. The van der Waals surface area contributed by atoms with E-state index < -0.39 is 10.0 Å². The second-order valence-electron chi connectivity index (χ2n) is 9.06. The topological polar surface area (TPSA) is 79.3 Å². The molecule has 37 heavy (non-hydrogen) atoms. The highest BCUT2D eigenvalue weighted by Crippen LogP contribution is 2.44. The molecule has 10 heteroatoms. The van der Waals surface area contributed by atoms with Crippen LogP contribution in [-0.2, 0) is 10.0 Å². The van der Waals surface area contributed by atoms with Crippen molar-refractivity contribution in [2.75, 3.05) is 15.9 Å². The first-order chi connectivity index (χ1) is 17.6. The Morgan fingerprint density at radius 1 is 1.00 bits per heavy atom. The highest BCUT2D eigenvalue weighted by atomic mass is 35.5. The highest BCUT2D eigenvalue weighted by Gasteiger charge is 2.42. The number of thiocarbonyl (C=S) groups is 1. The molecule has 1 saturated heterocycles. The molecule has 2 aromatic heterocycles. The molecule has 0 spiro atoms. The predicted molar refractivity (Wildman–Crippen MR) is 153 cm³/mol. The lowest BCUT2D eigenvalue weighted by molar-refractivity contribution is 0.565. The fourth-order valence-electron chi connectivity index (χ4n) is 4.93. The van der Waals surface area contributed by atoms with Gasteiger partial charge in [0.05, 0.1) is 24.0 Å². The number of nitrogens with one attached hydrogen (secondary N) is 2. The molecule has 1 aliphatic rings. The van der Waals surface area contributed by atoms with Crippen LogP contribution in [0.3, 0.4) is 0 Å². The number of hydrogen-bond donors (Lipinski definition) is 2. The molecule has 1 aliphatic heterocycles. The summed E-state index contributed by atoms with van der Waals surface area (Å²) >= 11 is 12.0. The van der Waals surface area contributed by atoms with Gasteiger partial charge < -0.3 is 14.8 Å². The van der Waals surface area contributed by atoms with E-state index >= 15 is 0 Å². The number of sulfonamides is 1. The molecular formula is C27H26ClN5O2S2. The summed E-state index contributed by atoms with van der Waals surface area (Å²) in [5.41, 5.74) is 6.51. The normalized spacial score (nSPS) is 17.6. The minimum absolute atomic E-state index is 0.191. The molecule has 0 amide bonds. The molecule has 0 bridgehead atoms. The van der Waals surface area contributed by atoms with Crippen LogP contribution in [0.5, 0.6) is 0 Å². The fourth-order valence-corrected chi connectivity index (χ4v) is 5.96. The highest BCUT2D eigenvalue weighted by molar-refractivity contribution is 7.92. The van der Waals surface area contributed by atoms with Crippen LogP contribution in [0.4, 0.5) is 11.4 Å². The Morgan fingerprint density at radius 3 is 2.30 bits per heavy atom. The first-order valence-electron chi connectivity index (χ1n) is 11.7. The number of rotatable bonds is 6. The van der Waals surface area contributed by atoms with Gasteiger partial charge in [-0.2, -0.15) is 0 Å². The fraction of sp³-hybridized carbons (Fsp3) is 0.185. The summed E-state index contributed by atoms with van der Waals surface area (Å²) < 4.78 is 28.1. The molecule has 3 heterocycles. The third-order valence-corrected chi connectivity index (χ3v) is 7.59. The second-order valence-corrected chi connectivity index (χ2v) is 11.6. The van der Waals surface area contributed by atoms with Gasteiger partial charge in [-0.15, -0.1) is 0 Å². The van der Waals surface area contributed by atoms with Gasteiger partial charge in [-0.25, -0.2) is 8.42 Å². The van der Waals surface area contributed by atoms with E-state index in [4.69, 9.17) is 23.8 Å². The summed E-state index contributed by atoms with van der Waals surface area (Å²) in [5.74, 6) is 0. The Bertz CT molecular complexity index is 1550. The van der Waals surface area contributed by atoms with Crippen LogP contribution < -0.4 is 14.9 Å². The Hall–Kier alpha value is -3.40. The van der Waals surface area contributed by atoms with Gasteiger partial charge in [0.15, 0.2) is 5.11 Å². The number of anilines is 2. The van der Waals surface area contributed by atoms with Crippen LogP contribution in [0.2, 0.25) is 5.02 Å². The number of pyridine rings is 1. The third-order valence-electron chi connectivity index (χ3n) is 6.42. The van der Waals surface area contributed by atoms with Crippen molar-refractivity contribution in [3.8, 4) is 5.69 Å². The van der Waals surface area contributed by atoms with Crippen molar-refractivity contribution in [1.29, 1.82) is 0 Å². The van der Waals surface area contributed by atoms with E-state index in [-0.39, 0.29) is 12.1 Å². The number of benzene rings is 2. The van der Waals surface area contributed by atoms with Crippen LogP contribution in [0.25, 0.3) is 5.69 Å². The van der Waals surface area contributed by atoms with E-state index in [2.05, 4.69) is 44.4 Å². The van der Waals surface area contributed by atoms with Gasteiger partial charge in [-0.3, -0.25) is 9.71 Å². The Labute approximate surface area is 227 Å². The molecule has 190 valence electrons. The molecule has 2 N–H and O–H groups in total. The zero-order valence-corrected chi connectivity index (χ0v) is 22.9. The standard InChI is InChI=1S/C27H26ClN5O2S2/c1-17-16-23(18(2)32(17)21-11-7-19(28)8-12-21)26-25(24-6-4-5-15-29-24)30-27(36)33(26)22-13-9-20(10-14-22)31-37(3,34)35/h4-16,25-26,31H,1-3H3,(H,30,36)/t25-,26-/m0/s1. The van der Waals surface area contributed by atoms with Crippen LogP contribution in [-0.4, -0.2) is 29.3 Å². The third kappa shape index (κ3) is 5.07. The maximum absolute atomic E-state index is 11.7. The molecule has 5 rings (SSSR count). The van der Waals surface area contributed by atoms with Gasteiger partial charge in [-0.1, -0.05) is 17.7 Å². The Kier molecular flexibility index (Phi) is 6.70. The van der Waals surface area contributed by atoms with Crippen molar-refractivity contribution in [3.63, 3.8) is 0 Å². The van der Waals surface area contributed by atoms with Gasteiger partial charge in [0.1, 0.15) is 0 Å². The van der Waals surface area contributed by atoms with Crippen molar-refractivity contribution < 1.29 is 8.42 Å². The van der Waals surface area contributed by atoms with Gasteiger partial charge in [0.2, 0.25) is 10.0 Å². The molecule has 0 saturated carbocycles. The summed E-state index contributed by atoms with van der Waals surface area (Å²) in [6.07, 6.45) is 2.91. The van der Waals surface area contributed by atoms with Gasteiger partial charge in [0, 0.05) is 39.7 Å². The average Bonchev–Trinajstić information content (AvgIpc) is 3.35. The minimum atomic E-state index is -3.38. The zero-order chi connectivity index (χ0) is 26.3. The van der Waals surface area contributed by atoms with Crippen LogP contribution in [0.15, 0.2) is 79.0 Å². The van der Waals surface area contributed by atoms with Gasteiger partial charge in [0.25, 0.3) is 0 Å². The molecule has 0 unspecified atom stereocenters. The van der Waals surface area contributed by atoms with E-state index in [0.29, 0.717) is 15.8 Å². The molecular weight excluding hydrogens is 526 g/mol. The summed E-state index contributed by atoms with van der Waals surface area (Å²) in [4.78, 5) is 6.71. The van der Waals surface area contributed by atoms with Crippen molar-refractivity contribution >= 4 is 50.3 Å². The van der Waals surface area contributed by atoms with Crippen molar-refractivity contribution in [2.24, 2.45) is 0 Å². The largest absolute Gasteiger partial charge is 0.351 e. The maximum Gasteiger partial charge on any atom is 0.229 e. The minimum Gasteiger partial charge on any atom is -0.351 e.